The van der Waals surface area contributed by atoms with Crippen molar-refractivity contribution in [2.24, 2.45) is 0 Å². The Hall–Kier alpha value is -1.05. The molecule has 1 aromatic heterocycles. The van der Waals surface area contributed by atoms with Crippen LogP contribution in [-0.2, 0) is 13.0 Å². The molecule has 0 fully saturated rings. The van der Waals surface area contributed by atoms with E-state index in [1.54, 1.807) is 0 Å². The van der Waals surface area contributed by atoms with Gasteiger partial charge in [0.2, 0.25) is 0 Å². The van der Waals surface area contributed by atoms with Crippen LogP contribution in [0.5, 0.6) is 0 Å². The van der Waals surface area contributed by atoms with E-state index in [0.29, 0.717) is 28.7 Å². The fourth-order valence-corrected chi connectivity index (χ4v) is 3.24. The van der Waals surface area contributed by atoms with Crippen molar-refractivity contribution in [3.8, 4) is 0 Å². The third-order valence-corrected chi connectivity index (χ3v) is 4.48. The lowest BCUT2D eigenvalue weighted by Gasteiger charge is -2.07. The Morgan fingerprint density at radius 3 is 2.50 bits per heavy atom. The standard InChI is InChI=1S/C13H15F2N3S2/c1-3-11-17-13(20-18-11)19-12-9(14)5-8(6-10(12)15)7-16-4-2/h5-6,16H,3-4,7H2,1-2H3. The van der Waals surface area contributed by atoms with Gasteiger partial charge in [0.05, 0.1) is 4.90 Å². The number of hydrogen-bond acceptors (Lipinski definition) is 5. The van der Waals surface area contributed by atoms with Gasteiger partial charge >= 0.3 is 0 Å². The van der Waals surface area contributed by atoms with Crippen LogP contribution in [0, 0.1) is 11.6 Å². The molecule has 0 unspecified atom stereocenters. The Bertz CT molecular complexity index is 564. The Morgan fingerprint density at radius 1 is 1.25 bits per heavy atom. The molecule has 20 heavy (non-hydrogen) atoms. The van der Waals surface area contributed by atoms with Crippen LogP contribution >= 0.6 is 23.3 Å². The Morgan fingerprint density at radius 2 is 1.95 bits per heavy atom. The second kappa shape index (κ2) is 7.10. The van der Waals surface area contributed by atoms with Gasteiger partial charge in [0, 0.05) is 13.0 Å². The molecule has 3 nitrogen and oxygen atoms in total. The molecule has 1 heterocycles. The second-order valence-electron chi connectivity index (χ2n) is 4.10. The minimum Gasteiger partial charge on any atom is -0.313 e. The molecule has 0 atom stereocenters. The lowest BCUT2D eigenvalue weighted by atomic mass is 10.2. The summed E-state index contributed by atoms with van der Waals surface area (Å²) in [6.07, 6.45) is 0.712. The number of aromatic nitrogens is 2. The van der Waals surface area contributed by atoms with Crippen LogP contribution in [0.25, 0.3) is 0 Å². The highest BCUT2D eigenvalue weighted by molar-refractivity contribution is 8.01. The van der Waals surface area contributed by atoms with Crippen molar-refractivity contribution in [1.82, 2.24) is 14.7 Å². The highest BCUT2D eigenvalue weighted by Crippen LogP contribution is 2.33. The highest BCUT2D eigenvalue weighted by atomic mass is 32.2. The maximum absolute atomic E-state index is 14.0. The van der Waals surface area contributed by atoms with E-state index < -0.39 is 11.6 Å². The quantitative estimate of drug-likeness (QED) is 0.883. The first-order valence-electron chi connectivity index (χ1n) is 6.33. The first-order chi connectivity index (χ1) is 9.63. The zero-order chi connectivity index (χ0) is 14.5. The number of benzene rings is 1. The van der Waals surface area contributed by atoms with Crippen LogP contribution in [0.1, 0.15) is 25.2 Å². The van der Waals surface area contributed by atoms with Crippen LogP contribution in [0.3, 0.4) is 0 Å². The second-order valence-corrected chi connectivity index (χ2v) is 6.11. The molecule has 2 aromatic rings. The third-order valence-electron chi connectivity index (χ3n) is 2.59. The smallest absolute Gasteiger partial charge is 0.175 e. The van der Waals surface area contributed by atoms with Gasteiger partial charge in [-0.05, 0) is 35.8 Å². The first-order valence-corrected chi connectivity index (χ1v) is 7.92. The molecule has 0 aliphatic heterocycles. The molecule has 1 aromatic carbocycles. The number of nitrogens with zero attached hydrogens (tertiary/aromatic N) is 2. The molecule has 0 saturated heterocycles. The summed E-state index contributed by atoms with van der Waals surface area (Å²) < 4.78 is 32.6. The molecule has 0 amide bonds. The first kappa shape index (κ1) is 15.3. The SMILES string of the molecule is CCNCc1cc(F)c(Sc2nc(CC)ns2)c(F)c1. The van der Waals surface area contributed by atoms with E-state index in [9.17, 15) is 8.78 Å². The summed E-state index contributed by atoms with van der Waals surface area (Å²) in [5.41, 5.74) is 0.595. The van der Waals surface area contributed by atoms with Crippen molar-refractivity contribution in [2.45, 2.75) is 36.0 Å². The van der Waals surface area contributed by atoms with Gasteiger partial charge in [-0.15, -0.1) is 0 Å². The van der Waals surface area contributed by atoms with Crippen molar-refractivity contribution >= 4 is 23.3 Å². The van der Waals surface area contributed by atoms with Gasteiger partial charge in [0.15, 0.2) is 4.34 Å². The van der Waals surface area contributed by atoms with Gasteiger partial charge in [-0.25, -0.2) is 13.8 Å². The normalized spacial score (nSPS) is 11.0. The molecular formula is C13H15F2N3S2. The number of hydrogen-bond donors (Lipinski definition) is 1. The molecule has 2 rings (SSSR count). The summed E-state index contributed by atoms with van der Waals surface area (Å²) in [6, 6.07) is 2.71. The van der Waals surface area contributed by atoms with Gasteiger partial charge in [-0.2, -0.15) is 4.37 Å². The number of nitrogens with one attached hydrogen (secondary N) is 1. The van der Waals surface area contributed by atoms with Gasteiger partial charge in [-0.3, -0.25) is 0 Å². The monoisotopic (exact) mass is 315 g/mol. The highest BCUT2D eigenvalue weighted by Gasteiger charge is 2.15. The van der Waals surface area contributed by atoms with E-state index >= 15 is 0 Å². The van der Waals surface area contributed by atoms with Crippen molar-refractivity contribution in [3.05, 3.63) is 35.2 Å². The van der Waals surface area contributed by atoms with Crippen molar-refractivity contribution in [3.63, 3.8) is 0 Å². The molecule has 0 aliphatic carbocycles. The maximum Gasteiger partial charge on any atom is 0.175 e. The average molecular weight is 315 g/mol. The van der Waals surface area contributed by atoms with Crippen molar-refractivity contribution in [1.29, 1.82) is 0 Å². The number of rotatable bonds is 6. The van der Waals surface area contributed by atoms with Gasteiger partial charge in [-0.1, -0.05) is 25.6 Å². The predicted molar refractivity (Wildman–Crippen MR) is 77.1 cm³/mol. The van der Waals surface area contributed by atoms with Crippen LogP contribution in [-0.4, -0.2) is 15.9 Å². The Labute approximate surface area is 125 Å². The maximum atomic E-state index is 14.0. The molecule has 0 saturated carbocycles. The fourth-order valence-electron chi connectivity index (χ4n) is 1.59. The van der Waals surface area contributed by atoms with Crippen molar-refractivity contribution < 1.29 is 8.78 Å². The Kier molecular flexibility index (Phi) is 5.45. The molecular weight excluding hydrogens is 300 g/mol. The van der Waals surface area contributed by atoms with Crippen LogP contribution < -0.4 is 5.32 Å². The molecule has 0 aliphatic rings. The number of halogens is 2. The topological polar surface area (TPSA) is 37.8 Å². The fraction of sp³-hybridized carbons (Fsp3) is 0.385. The summed E-state index contributed by atoms with van der Waals surface area (Å²) in [6.45, 7) is 5.09. The predicted octanol–water partition coefficient (Wildman–Crippen LogP) is 3.64. The zero-order valence-electron chi connectivity index (χ0n) is 11.2. The van der Waals surface area contributed by atoms with E-state index in [4.69, 9.17) is 0 Å². The van der Waals surface area contributed by atoms with Gasteiger partial charge in [0.25, 0.3) is 0 Å². The van der Waals surface area contributed by atoms with Gasteiger partial charge in [0.1, 0.15) is 17.5 Å². The molecule has 0 bridgehead atoms. The lowest BCUT2D eigenvalue weighted by molar-refractivity contribution is 0.535. The minimum atomic E-state index is -0.559. The van der Waals surface area contributed by atoms with Crippen LogP contribution in [0.2, 0.25) is 0 Å². The zero-order valence-corrected chi connectivity index (χ0v) is 12.9. The van der Waals surface area contributed by atoms with E-state index in [1.165, 1.54) is 12.1 Å². The molecule has 108 valence electrons. The summed E-state index contributed by atoms with van der Waals surface area (Å²) in [5.74, 6) is -0.422. The van der Waals surface area contributed by atoms with Crippen LogP contribution in [0.15, 0.2) is 21.4 Å². The summed E-state index contributed by atoms with van der Waals surface area (Å²) in [7, 11) is 0. The Balaban J connectivity index is 2.19. The summed E-state index contributed by atoms with van der Waals surface area (Å²) in [4.78, 5) is 4.18. The van der Waals surface area contributed by atoms with E-state index in [0.717, 1.165) is 29.8 Å². The molecule has 7 heteroatoms. The van der Waals surface area contributed by atoms with E-state index in [1.807, 2.05) is 13.8 Å². The molecule has 0 spiro atoms. The van der Waals surface area contributed by atoms with Crippen LogP contribution in [0.4, 0.5) is 8.78 Å². The third kappa shape index (κ3) is 3.74. The van der Waals surface area contributed by atoms with Crippen molar-refractivity contribution in [2.75, 3.05) is 6.54 Å². The molecule has 0 radical (unpaired) electrons. The van der Waals surface area contributed by atoms with Gasteiger partial charge < -0.3 is 5.32 Å². The average Bonchev–Trinajstić information content (AvgIpc) is 2.88. The van der Waals surface area contributed by atoms with E-state index in [-0.39, 0.29) is 4.90 Å². The summed E-state index contributed by atoms with van der Waals surface area (Å²) >= 11 is 2.14. The summed E-state index contributed by atoms with van der Waals surface area (Å²) in [5, 5.41) is 3.04. The minimum absolute atomic E-state index is 0.0240. The largest absolute Gasteiger partial charge is 0.313 e. The lowest BCUT2D eigenvalue weighted by Crippen LogP contribution is -2.12. The molecule has 1 N–H and O–H groups in total. The van der Waals surface area contributed by atoms with E-state index in [2.05, 4.69) is 14.7 Å². The number of aryl methyl sites for hydroxylation is 1.